The van der Waals surface area contributed by atoms with E-state index in [9.17, 15) is 0 Å². The molecule has 1 rings (SSSR count). The Kier molecular flexibility index (Phi) is 11.9. The number of nitrogens with one attached hydrogen (secondary N) is 1. The quantitative estimate of drug-likeness (QED) is 0.375. The molecule has 0 atom stereocenters. The van der Waals surface area contributed by atoms with Crippen LogP contribution in [0.25, 0.3) is 0 Å². The second kappa shape index (κ2) is 12.8. The highest BCUT2D eigenvalue weighted by molar-refractivity contribution is 6.30. The monoisotopic (exact) mass is 346 g/mol. The van der Waals surface area contributed by atoms with Crippen molar-refractivity contribution in [3.8, 4) is 0 Å². The smallest absolute Gasteiger partial charge is 0.414 e. The van der Waals surface area contributed by atoms with E-state index in [0.717, 1.165) is 30.2 Å². The number of rotatable bonds is 8. The van der Waals surface area contributed by atoms with Gasteiger partial charge in [0.2, 0.25) is 0 Å². The summed E-state index contributed by atoms with van der Waals surface area (Å²) in [7, 11) is 0. The SMILES string of the molecule is CCN(CC)CCONCc1ccc(Cl)cc1.O=C(O)C(=O)O. The van der Waals surface area contributed by atoms with Crippen LogP contribution in [-0.2, 0) is 21.0 Å². The molecule has 0 amide bonds. The van der Waals surface area contributed by atoms with Gasteiger partial charge in [-0.05, 0) is 30.8 Å². The molecule has 0 saturated heterocycles. The van der Waals surface area contributed by atoms with Crippen molar-refractivity contribution in [3.63, 3.8) is 0 Å². The summed E-state index contributed by atoms with van der Waals surface area (Å²) in [5.74, 6) is -3.65. The van der Waals surface area contributed by atoms with Crippen LogP contribution in [0.2, 0.25) is 5.02 Å². The number of carboxylic acid groups (broad SMARTS) is 2. The zero-order valence-electron chi connectivity index (χ0n) is 13.3. The van der Waals surface area contributed by atoms with Gasteiger partial charge in [-0.2, -0.15) is 5.48 Å². The van der Waals surface area contributed by atoms with Gasteiger partial charge in [-0.15, -0.1) is 0 Å². The molecule has 3 N–H and O–H groups in total. The number of nitrogens with zero attached hydrogens (tertiary/aromatic N) is 1. The summed E-state index contributed by atoms with van der Waals surface area (Å²) in [6, 6.07) is 7.75. The number of likely N-dealkylation sites (N-methyl/N-ethyl adjacent to an activating group) is 1. The lowest BCUT2D eigenvalue weighted by Crippen LogP contribution is -2.29. The van der Waals surface area contributed by atoms with Crippen LogP contribution < -0.4 is 5.48 Å². The summed E-state index contributed by atoms with van der Waals surface area (Å²) in [6.07, 6.45) is 0. The van der Waals surface area contributed by atoms with E-state index < -0.39 is 11.9 Å². The molecule has 0 saturated carbocycles. The molecule has 23 heavy (non-hydrogen) atoms. The van der Waals surface area contributed by atoms with Gasteiger partial charge in [-0.25, -0.2) is 9.59 Å². The molecule has 0 aromatic heterocycles. The maximum Gasteiger partial charge on any atom is 0.414 e. The van der Waals surface area contributed by atoms with Gasteiger partial charge in [0.15, 0.2) is 0 Å². The third-order valence-corrected chi connectivity index (χ3v) is 3.13. The average Bonchev–Trinajstić information content (AvgIpc) is 2.53. The topological polar surface area (TPSA) is 99.1 Å². The Balaban J connectivity index is 0.000000688. The summed E-state index contributed by atoms with van der Waals surface area (Å²) in [5, 5.41) is 15.5. The number of hydroxylamine groups is 1. The summed E-state index contributed by atoms with van der Waals surface area (Å²) >= 11 is 5.81. The number of carboxylic acids is 2. The van der Waals surface area contributed by atoms with Crippen molar-refractivity contribution >= 4 is 23.5 Å². The fourth-order valence-electron chi connectivity index (χ4n) is 1.52. The lowest BCUT2D eigenvalue weighted by atomic mass is 10.2. The first kappa shape index (κ1) is 21.3. The zero-order valence-corrected chi connectivity index (χ0v) is 14.0. The van der Waals surface area contributed by atoms with Gasteiger partial charge in [-0.1, -0.05) is 37.6 Å². The molecule has 1 aromatic carbocycles. The summed E-state index contributed by atoms with van der Waals surface area (Å²) in [4.78, 5) is 25.9. The first-order valence-electron chi connectivity index (χ1n) is 7.18. The Labute approximate surface area is 140 Å². The molecule has 0 bridgehead atoms. The minimum atomic E-state index is -1.82. The van der Waals surface area contributed by atoms with E-state index in [4.69, 9.17) is 36.2 Å². The number of hydrogen-bond acceptors (Lipinski definition) is 5. The summed E-state index contributed by atoms with van der Waals surface area (Å²) in [5.41, 5.74) is 4.12. The van der Waals surface area contributed by atoms with Gasteiger partial charge in [0, 0.05) is 18.1 Å². The van der Waals surface area contributed by atoms with E-state index in [2.05, 4.69) is 24.2 Å². The van der Waals surface area contributed by atoms with Gasteiger partial charge in [-0.3, -0.25) is 0 Å². The highest BCUT2D eigenvalue weighted by Gasteiger charge is 2.04. The minimum absolute atomic E-state index is 0.704. The summed E-state index contributed by atoms with van der Waals surface area (Å²) < 4.78 is 0. The van der Waals surface area contributed by atoms with E-state index in [0.29, 0.717) is 13.2 Å². The third kappa shape index (κ3) is 11.5. The maximum atomic E-state index is 9.10. The lowest BCUT2D eigenvalue weighted by Gasteiger charge is -2.17. The number of halogens is 1. The molecule has 0 radical (unpaired) electrons. The molecule has 0 aliphatic rings. The molecule has 0 heterocycles. The molecular formula is C15H23ClN2O5. The molecule has 130 valence electrons. The fraction of sp³-hybridized carbons (Fsp3) is 0.467. The van der Waals surface area contributed by atoms with Crippen LogP contribution >= 0.6 is 11.6 Å². The van der Waals surface area contributed by atoms with Crippen molar-refractivity contribution in [1.82, 2.24) is 10.4 Å². The fourth-order valence-corrected chi connectivity index (χ4v) is 1.65. The van der Waals surface area contributed by atoms with Crippen molar-refractivity contribution < 1.29 is 24.6 Å². The van der Waals surface area contributed by atoms with Crippen LogP contribution in [0.3, 0.4) is 0 Å². The largest absolute Gasteiger partial charge is 0.473 e. The third-order valence-electron chi connectivity index (χ3n) is 2.88. The first-order valence-corrected chi connectivity index (χ1v) is 7.56. The Bertz CT molecular complexity index is 451. The van der Waals surface area contributed by atoms with Gasteiger partial charge >= 0.3 is 11.9 Å². The van der Waals surface area contributed by atoms with E-state index in [-0.39, 0.29) is 0 Å². The van der Waals surface area contributed by atoms with Crippen molar-refractivity contribution in [3.05, 3.63) is 34.9 Å². The Morgan fingerprint density at radius 2 is 1.65 bits per heavy atom. The van der Waals surface area contributed by atoms with Crippen molar-refractivity contribution in [2.75, 3.05) is 26.2 Å². The number of carbonyl (C=O) groups is 2. The Morgan fingerprint density at radius 1 is 1.13 bits per heavy atom. The lowest BCUT2D eigenvalue weighted by molar-refractivity contribution is -0.159. The number of hydrogen-bond donors (Lipinski definition) is 3. The molecule has 0 fully saturated rings. The maximum absolute atomic E-state index is 9.10. The highest BCUT2D eigenvalue weighted by Crippen LogP contribution is 2.08. The second-order valence-electron chi connectivity index (χ2n) is 4.43. The van der Waals surface area contributed by atoms with Crippen LogP contribution in [0, 0.1) is 0 Å². The number of benzene rings is 1. The van der Waals surface area contributed by atoms with Gasteiger partial charge in [0.1, 0.15) is 0 Å². The molecule has 0 unspecified atom stereocenters. The van der Waals surface area contributed by atoms with E-state index in [1.54, 1.807) is 0 Å². The minimum Gasteiger partial charge on any atom is -0.473 e. The Morgan fingerprint density at radius 3 is 2.09 bits per heavy atom. The molecule has 0 aliphatic heterocycles. The normalized spacial score (nSPS) is 10.1. The van der Waals surface area contributed by atoms with Gasteiger partial charge in [0.25, 0.3) is 0 Å². The van der Waals surface area contributed by atoms with E-state index >= 15 is 0 Å². The van der Waals surface area contributed by atoms with Gasteiger partial charge < -0.3 is 20.0 Å². The van der Waals surface area contributed by atoms with Crippen LogP contribution in [-0.4, -0.2) is 53.3 Å². The predicted molar refractivity (Wildman–Crippen MR) is 87.3 cm³/mol. The molecule has 8 heteroatoms. The predicted octanol–water partition coefficient (Wildman–Crippen LogP) is 1.86. The van der Waals surface area contributed by atoms with E-state index in [1.807, 2.05) is 24.3 Å². The highest BCUT2D eigenvalue weighted by atomic mass is 35.5. The van der Waals surface area contributed by atoms with Crippen molar-refractivity contribution in [2.45, 2.75) is 20.4 Å². The van der Waals surface area contributed by atoms with E-state index in [1.165, 1.54) is 0 Å². The Hall–Kier alpha value is -1.67. The first-order chi connectivity index (χ1) is 10.9. The second-order valence-corrected chi connectivity index (χ2v) is 4.87. The standard InChI is InChI=1S/C13H21ClN2O.C2H2O4/c1-3-16(4-2)9-10-17-15-11-12-5-7-13(14)8-6-12;3-1(4)2(5)6/h5-8,15H,3-4,9-11H2,1-2H3;(H,3,4)(H,5,6). The zero-order chi connectivity index (χ0) is 17.7. The van der Waals surface area contributed by atoms with Crippen LogP contribution in [0.1, 0.15) is 19.4 Å². The molecule has 1 aromatic rings. The number of aliphatic carboxylic acids is 2. The average molecular weight is 347 g/mol. The van der Waals surface area contributed by atoms with Crippen molar-refractivity contribution in [1.29, 1.82) is 0 Å². The van der Waals surface area contributed by atoms with Crippen LogP contribution in [0.5, 0.6) is 0 Å². The molecule has 0 aliphatic carbocycles. The molecule has 7 nitrogen and oxygen atoms in total. The molecule has 0 spiro atoms. The van der Waals surface area contributed by atoms with Crippen LogP contribution in [0.15, 0.2) is 24.3 Å². The van der Waals surface area contributed by atoms with Crippen LogP contribution in [0.4, 0.5) is 0 Å². The van der Waals surface area contributed by atoms with Crippen molar-refractivity contribution in [2.24, 2.45) is 0 Å². The molecular weight excluding hydrogens is 324 g/mol. The summed E-state index contributed by atoms with van der Waals surface area (Å²) in [6.45, 7) is 8.81. The van der Waals surface area contributed by atoms with Gasteiger partial charge in [0.05, 0.1) is 6.61 Å².